The van der Waals surface area contributed by atoms with Crippen LogP contribution in [0.1, 0.15) is 57.8 Å². The van der Waals surface area contributed by atoms with Crippen molar-refractivity contribution in [3.63, 3.8) is 0 Å². The number of ether oxygens (including phenoxy) is 1. The van der Waals surface area contributed by atoms with Gasteiger partial charge in [0.25, 0.3) is 0 Å². The third-order valence-corrected chi connectivity index (χ3v) is 5.27. The van der Waals surface area contributed by atoms with E-state index in [-0.39, 0.29) is 30.5 Å². The van der Waals surface area contributed by atoms with Gasteiger partial charge in [-0.1, -0.05) is 25.7 Å². The zero-order chi connectivity index (χ0) is 17.0. The second kappa shape index (κ2) is 8.88. The smallest absolute Gasteiger partial charge is 0.244 e. The van der Waals surface area contributed by atoms with Gasteiger partial charge in [-0.15, -0.1) is 12.4 Å². The molecule has 0 heterocycles. The van der Waals surface area contributed by atoms with Crippen LogP contribution in [0.2, 0.25) is 0 Å². The fourth-order valence-corrected chi connectivity index (χ4v) is 3.67. The maximum absolute atomic E-state index is 12.4. The number of aliphatic hydroxyl groups is 1. The third kappa shape index (κ3) is 5.09. The molecule has 2 aliphatic carbocycles. The average molecular weight is 369 g/mol. The molecule has 0 radical (unpaired) electrons. The van der Waals surface area contributed by atoms with Crippen molar-refractivity contribution in [2.45, 2.75) is 75.5 Å². The van der Waals surface area contributed by atoms with Crippen molar-refractivity contribution in [3.05, 3.63) is 24.3 Å². The molecular weight excluding hydrogens is 340 g/mol. The standard InChI is InChI=1S/C19H28N2O3.ClH/c20-19(12-4-1-5-13-19)18(23)21-14-8-10-15(11-9-14)24-17-7-3-2-6-16(17)22;/h8-11,16-17,22H,1-7,12-13,20H2,(H,21,23);1H. The number of carbonyl (C=O) groups is 1. The van der Waals surface area contributed by atoms with Crippen LogP contribution in [-0.2, 0) is 4.79 Å². The SMILES string of the molecule is Cl.NC1(C(=O)Nc2ccc(OC3CCCCC3O)cc2)CCCCC1. The lowest BCUT2D eigenvalue weighted by atomic mass is 9.82. The van der Waals surface area contributed by atoms with E-state index in [0.717, 1.165) is 69.2 Å². The molecule has 0 aromatic heterocycles. The minimum absolute atomic E-state index is 0. The molecule has 1 aromatic carbocycles. The Hall–Kier alpha value is -1.30. The Kier molecular flexibility index (Phi) is 7.11. The van der Waals surface area contributed by atoms with Crippen molar-refractivity contribution < 1.29 is 14.6 Å². The van der Waals surface area contributed by atoms with Crippen LogP contribution in [0.25, 0.3) is 0 Å². The highest BCUT2D eigenvalue weighted by Crippen LogP contribution is 2.28. The summed E-state index contributed by atoms with van der Waals surface area (Å²) in [5, 5.41) is 12.9. The van der Waals surface area contributed by atoms with E-state index < -0.39 is 5.54 Å². The molecule has 2 unspecified atom stereocenters. The second-order valence-electron chi connectivity index (χ2n) is 7.20. The molecule has 140 valence electrons. The van der Waals surface area contributed by atoms with E-state index >= 15 is 0 Å². The van der Waals surface area contributed by atoms with Crippen molar-refractivity contribution in [2.24, 2.45) is 5.73 Å². The van der Waals surface area contributed by atoms with Gasteiger partial charge in [0.2, 0.25) is 5.91 Å². The number of amides is 1. The van der Waals surface area contributed by atoms with E-state index in [1.54, 1.807) is 0 Å². The first kappa shape index (κ1) is 20.0. The second-order valence-corrected chi connectivity index (χ2v) is 7.20. The zero-order valence-electron chi connectivity index (χ0n) is 14.6. The van der Waals surface area contributed by atoms with E-state index in [9.17, 15) is 9.90 Å². The molecule has 2 saturated carbocycles. The maximum Gasteiger partial charge on any atom is 0.244 e. The lowest BCUT2D eigenvalue weighted by molar-refractivity contribution is -0.122. The highest BCUT2D eigenvalue weighted by atomic mass is 35.5. The molecule has 1 amide bonds. The minimum atomic E-state index is -0.736. The van der Waals surface area contributed by atoms with E-state index in [2.05, 4.69) is 5.32 Å². The molecular formula is C19H29ClN2O3. The van der Waals surface area contributed by atoms with E-state index in [4.69, 9.17) is 10.5 Å². The summed E-state index contributed by atoms with van der Waals surface area (Å²) in [4.78, 5) is 12.4. The van der Waals surface area contributed by atoms with Gasteiger partial charge in [0.05, 0.1) is 11.6 Å². The quantitative estimate of drug-likeness (QED) is 0.760. The van der Waals surface area contributed by atoms with Crippen LogP contribution in [0.15, 0.2) is 24.3 Å². The van der Waals surface area contributed by atoms with Gasteiger partial charge in [0.15, 0.2) is 0 Å². The molecule has 1 aromatic rings. The monoisotopic (exact) mass is 368 g/mol. The lowest BCUT2D eigenvalue weighted by Crippen LogP contribution is -2.52. The van der Waals surface area contributed by atoms with Gasteiger partial charge in [0, 0.05) is 5.69 Å². The van der Waals surface area contributed by atoms with E-state index in [1.165, 1.54) is 0 Å². The van der Waals surface area contributed by atoms with Crippen LogP contribution in [-0.4, -0.2) is 28.8 Å². The number of hydrogen-bond donors (Lipinski definition) is 3. The number of anilines is 1. The van der Waals surface area contributed by atoms with Gasteiger partial charge in [-0.05, 0) is 56.4 Å². The first-order chi connectivity index (χ1) is 11.6. The summed E-state index contributed by atoms with van der Waals surface area (Å²) in [7, 11) is 0. The van der Waals surface area contributed by atoms with Crippen LogP contribution in [0.5, 0.6) is 5.75 Å². The fraction of sp³-hybridized carbons (Fsp3) is 0.632. The summed E-state index contributed by atoms with van der Waals surface area (Å²) < 4.78 is 5.88. The van der Waals surface area contributed by atoms with Gasteiger partial charge in [-0.25, -0.2) is 0 Å². The predicted molar refractivity (Wildman–Crippen MR) is 101 cm³/mol. The highest BCUT2D eigenvalue weighted by Gasteiger charge is 2.35. The fourth-order valence-electron chi connectivity index (χ4n) is 3.67. The summed E-state index contributed by atoms with van der Waals surface area (Å²) >= 11 is 0. The highest BCUT2D eigenvalue weighted by molar-refractivity contribution is 5.98. The predicted octanol–water partition coefficient (Wildman–Crippen LogP) is 3.39. The van der Waals surface area contributed by atoms with Crippen LogP contribution >= 0.6 is 12.4 Å². The average Bonchev–Trinajstić information content (AvgIpc) is 2.59. The van der Waals surface area contributed by atoms with E-state index in [1.807, 2.05) is 24.3 Å². The Morgan fingerprint density at radius 2 is 1.72 bits per heavy atom. The summed E-state index contributed by atoms with van der Waals surface area (Å²) in [5.41, 5.74) is 6.25. The Bertz CT molecular complexity index is 558. The number of nitrogens with one attached hydrogen (secondary N) is 1. The van der Waals surface area contributed by atoms with Crippen molar-refractivity contribution in [1.29, 1.82) is 0 Å². The summed E-state index contributed by atoms with van der Waals surface area (Å²) in [6.45, 7) is 0. The summed E-state index contributed by atoms with van der Waals surface area (Å²) in [6.07, 6.45) is 8.01. The molecule has 3 rings (SSSR count). The Labute approximate surface area is 155 Å². The number of aliphatic hydroxyl groups excluding tert-OH is 1. The number of benzene rings is 1. The first-order valence-electron chi connectivity index (χ1n) is 9.12. The van der Waals surface area contributed by atoms with Gasteiger partial charge >= 0.3 is 0 Å². The minimum Gasteiger partial charge on any atom is -0.488 e. The zero-order valence-corrected chi connectivity index (χ0v) is 15.4. The van der Waals surface area contributed by atoms with Crippen LogP contribution in [0, 0.1) is 0 Å². The molecule has 0 spiro atoms. The van der Waals surface area contributed by atoms with E-state index in [0.29, 0.717) is 0 Å². The molecule has 2 aliphatic rings. The topological polar surface area (TPSA) is 84.6 Å². The van der Waals surface area contributed by atoms with Crippen LogP contribution in [0.4, 0.5) is 5.69 Å². The van der Waals surface area contributed by atoms with Crippen molar-refractivity contribution >= 4 is 24.0 Å². The van der Waals surface area contributed by atoms with Gasteiger partial charge in [-0.2, -0.15) is 0 Å². The Balaban J connectivity index is 0.00000225. The van der Waals surface area contributed by atoms with Crippen LogP contribution in [0.3, 0.4) is 0 Å². The number of nitrogens with two attached hydrogens (primary N) is 1. The molecule has 2 atom stereocenters. The van der Waals surface area contributed by atoms with Gasteiger partial charge in [0.1, 0.15) is 11.9 Å². The third-order valence-electron chi connectivity index (χ3n) is 5.27. The first-order valence-corrected chi connectivity index (χ1v) is 9.12. The maximum atomic E-state index is 12.4. The van der Waals surface area contributed by atoms with Crippen molar-refractivity contribution in [3.8, 4) is 5.75 Å². The number of hydrogen-bond acceptors (Lipinski definition) is 4. The van der Waals surface area contributed by atoms with Gasteiger partial charge < -0.3 is 20.9 Å². The Morgan fingerprint density at radius 1 is 1.08 bits per heavy atom. The molecule has 0 bridgehead atoms. The van der Waals surface area contributed by atoms with Crippen molar-refractivity contribution in [2.75, 3.05) is 5.32 Å². The number of rotatable bonds is 4. The molecule has 4 N–H and O–H groups in total. The normalized spacial score (nSPS) is 25.5. The molecule has 0 aliphatic heterocycles. The Morgan fingerprint density at radius 3 is 2.36 bits per heavy atom. The summed E-state index contributed by atoms with van der Waals surface area (Å²) in [5.74, 6) is 0.623. The van der Waals surface area contributed by atoms with Crippen LogP contribution < -0.4 is 15.8 Å². The number of halogens is 1. The summed E-state index contributed by atoms with van der Waals surface area (Å²) in [6, 6.07) is 7.32. The molecule has 6 heteroatoms. The largest absolute Gasteiger partial charge is 0.488 e. The lowest BCUT2D eigenvalue weighted by Gasteiger charge is -2.31. The van der Waals surface area contributed by atoms with Crippen molar-refractivity contribution in [1.82, 2.24) is 0 Å². The molecule has 5 nitrogen and oxygen atoms in total. The van der Waals surface area contributed by atoms with Gasteiger partial charge in [-0.3, -0.25) is 4.79 Å². The molecule has 2 fully saturated rings. The molecule has 0 saturated heterocycles. The number of carbonyl (C=O) groups excluding carboxylic acids is 1. The molecule has 25 heavy (non-hydrogen) atoms.